The monoisotopic (exact) mass is 367 g/mol. The molecule has 2 heterocycles. The average Bonchev–Trinajstić information content (AvgIpc) is 3.19. The van der Waals surface area contributed by atoms with Crippen molar-refractivity contribution < 1.29 is 9.53 Å². The fourth-order valence-corrected chi connectivity index (χ4v) is 4.13. The average molecular weight is 368 g/mol. The highest BCUT2D eigenvalue weighted by atomic mass is 35.5. The van der Waals surface area contributed by atoms with Crippen LogP contribution < -0.4 is 5.32 Å². The zero-order chi connectivity index (χ0) is 14.9. The molecule has 7 heteroatoms. The Morgan fingerprint density at radius 1 is 1.26 bits per heavy atom. The molecule has 1 amide bonds. The molecule has 1 saturated carbocycles. The van der Waals surface area contributed by atoms with Crippen molar-refractivity contribution in [3.05, 3.63) is 0 Å². The molecule has 3 fully saturated rings. The summed E-state index contributed by atoms with van der Waals surface area (Å²) in [6.45, 7) is 8.90. The van der Waals surface area contributed by atoms with Crippen LogP contribution in [0.2, 0.25) is 0 Å². The number of carbonyl (C=O) groups is 1. The summed E-state index contributed by atoms with van der Waals surface area (Å²) in [5, 5.41) is 3.41. The Morgan fingerprint density at radius 3 is 2.57 bits per heavy atom. The van der Waals surface area contributed by atoms with E-state index in [0.29, 0.717) is 23.3 Å². The lowest BCUT2D eigenvalue weighted by molar-refractivity contribution is -0.136. The number of hydrogen-bond donors (Lipinski definition) is 1. The van der Waals surface area contributed by atoms with Gasteiger partial charge in [-0.05, 0) is 44.7 Å². The highest BCUT2D eigenvalue weighted by Gasteiger charge is 2.58. The van der Waals surface area contributed by atoms with Crippen LogP contribution in [0.5, 0.6) is 0 Å². The van der Waals surface area contributed by atoms with Gasteiger partial charge in [0.25, 0.3) is 0 Å². The van der Waals surface area contributed by atoms with Gasteiger partial charge in [-0.25, -0.2) is 0 Å². The number of nitrogens with zero attached hydrogens (tertiary/aromatic N) is 2. The zero-order valence-electron chi connectivity index (χ0n) is 14.3. The summed E-state index contributed by atoms with van der Waals surface area (Å²) >= 11 is 0. The first-order chi connectivity index (χ1) is 10.2. The van der Waals surface area contributed by atoms with E-state index in [1.807, 2.05) is 0 Å². The van der Waals surface area contributed by atoms with Crippen LogP contribution in [0.25, 0.3) is 0 Å². The second-order valence-corrected chi connectivity index (χ2v) is 7.03. The normalized spacial score (nSPS) is 29.6. The molecule has 3 aliphatic rings. The van der Waals surface area contributed by atoms with Gasteiger partial charge in [-0.15, -0.1) is 24.8 Å². The summed E-state index contributed by atoms with van der Waals surface area (Å²) in [5.41, 5.74) is 0.360. The second kappa shape index (κ2) is 8.86. The lowest BCUT2D eigenvalue weighted by Gasteiger charge is -2.40. The largest absolute Gasteiger partial charge is 0.383 e. The van der Waals surface area contributed by atoms with Crippen molar-refractivity contribution in [2.45, 2.75) is 32.2 Å². The first-order valence-electron chi connectivity index (χ1n) is 8.39. The Morgan fingerprint density at radius 2 is 1.96 bits per heavy atom. The maximum Gasteiger partial charge on any atom is 0.226 e. The fourth-order valence-electron chi connectivity index (χ4n) is 4.13. The van der Waals surface area contributed by atoms with Gasteiger partial charge in [0.15, 0.2) is 0 Å². The molecule has 3 rings (SSSR count). The van der Waals surface area contributed by atoms with E-state index in [9.17, 15) is 4.79 Å². The Kier molecular flexibility index (Phi) is 8.08. The molecule has 1 aliphatic carbocycles. The minimum Gasteiger partial charge on any atom is -0.383 e. The van der Waals surface area contributed by atoms with Gasteiger partial charge in [-0.2, -0.15) is 0 Å². The highest BCUT2D eigenvalue weighted by Crippen LogP contribution is 2.59. The number of rotatable bonds is 4. The Labute approximate surface area is 152 Å². The Balaban J connectivity index is 0.00000132. The molecule has 5 nitrogen and oxygen atoms in total. The van der Waals surface area contributed by atoms with Crippen LogP contribution in [0.4, 0.5) is 0 Å². The van der Waals surface area contributed by atoms with E-state index < -0.39 is 0 Å². The van der Waals surface area contributed by atoms with Gasteiger partial charge in [-0.3, -0.25) is 9.69 Å². The molecule has 2 aliphatic heterocycles. The van der Waals surface area contributed by atoms with E-state index in [-0.39, 0.29) is 24.8 Å². The Hall–Kier alpha value is -0.0700. The molecule has 0 radical (unpaired) electrons. The van der Waals surface area contributed by atoms with Gasteiger partial charge in [0.2, 0.25) is 5.91 Å². The lowest BCUT2D eigenvalue weighted by atomic mass is 9.91. The van der Waals surface area contributed by atoms with Crippen molar-refractivity contribution in [2.24, 2.45) is 11.3 Å². The third-order valence-corrected chi connectivity index (χ3v) is 5.75. The minimum absolute atomic E-state index is 0. The summed E-state index contributed by atoms with van der Waals surface area (Å²) in [6.07, 6.45) is 3.51. The molecular weight excluding hydrogens is 337 g/mol. The summed E-state index contributed by atoms with van der Waals surface area (Å²) in [5.74, 6) is 0.743. The van der Waals surface area contributed by atoms with Gasteiger partial charge < -0.3 is 15.0 Å². The van der Waals surface area contributed by atoms with E-state index in [1.165, 1.54) is 12.8 Å². The van der Waals surface area contributed by atoms with Crippen molar-refractivity contribution in [1.29, 1.82) is 0 Å². The molecular formula is C16H31Cl2N3O2. The number of nitrogens with one attached hydrogen (secondary N) is 1. The third kappa shape index (κ3) is 4.51. The molecule has 2 saturated heterocycles. The molecule has 0 aromatic rings. The number of amides is 1. The molecule has 1 N–H and O–H groups in total. The van der Waals surface area contributed by atoms with Crippen molar-refractivity contribution in [3.8, 4) is 0 Å². The van der Waals surface area contributed by atoms with E-state index in [0.717, 1.165) is 52.3 Å². The number of piperidine rings is 1. The van der Waals surface area contributed by atoms with E-state index in [2.05, 4.69) is 22.0 Å². The number of hydrogen-bond acceptors (Lipinski definition) is 4. The topological polar surface area (TPSA) is 44.8 Å². The highest BCUT2D eigenvalue weighted by molar-refractivity contribution is 5.85. The Bertz CT molecular complexity index is 392. The van der Waals surface area contributed by atoms with E-state index in [4.69, 9.17) is 4.74 Å². The number of piperazine rings is 1. The molecule has 2 atom stereocenters. The number of carbonyl (C=O) groups excluding carboxylic acids is 1. The molecule has 0 aromatic heterocycles. The predicted molar refractivity (Wildman–Crippen MR) is 96.6 cm³/mol. The minimum atomic E-state index is 0. The van der Waals surface area contributed by atoms with Crippen molar-refractivity contribution >= 4 is 30.7 Å². The fraction of sp³-hybridized carbons (Fsp3) is 0.938. The third-order valence-electron chi connectivity index (χ3n) is 5.75. The summed E-state index contributed by atoms with van der Waals surface area (Å²) in [7, 11) is 1.75. The lowest BCUT2D eigenvalue weighted by Crippen LogP contribution is -2.54. The van der Waals surface area contributed by atoms with E-state index in [1.54, 1.807) is 7.11 Å². The summed E-state index contributed by atoms with van der Waals surface area (Å²) in [6, 6.07) is 0.445. The smallest absolute Gasteiger partial charge is 0.226 e. The van der Waals surface area contributed by atoms with Crippen LogP contribution >= 0.6 is 24.8 Å². The van der Waals surface area contributed by atoms with Crippen molar-refractivity contribution in [3.63, 3.8) is 0 Å². The molecule has 23 heavy (non-hydrogen) atoms. The predicted octanol–water partition coefficient (Wildman–Crippen LogP) is 1.40. The number of ether oxygens (including phenoxy) is 1. The first-order valence-corrected chi connectivity index (χ1v) is 8.39. The summed E-state index contributed by atoms with van der Waals surface area (Å²) < 4.78 is 5.16. The van der Waals surface area contributed by atoms with E-state index >= 15 is 0 Å². The molecule has 1 spiro atoms. The summed E-state index contributed by atoms with van der Waals surface area (Å²) in [4.78, 5) is 17.3. The van der Waals surface area contributed by atoms with Crippen LogP contribution in [0.3, 0.4) is 0 Å². The molecule has 136 valence electrons. The molecule has 0 bridgehead atoms. The van der Waals surface area contributed by atoms with Gasteiger partial charge in [0, 0.05) is 45.2 Å². The molecule has 0 aromatic carbocycles. The van der Waals surface area contributed by atoms with Gasteiger partial charge in [0.1, 0.15) is 0 Å². The van der Waals surface area contributed by atoms with Gasteiger partial charge in [-0.1, -0.05) is 0 Å². The maximum absolute atomic E-state index is 12.8. The van der Waals surface area contributed by atoms with Crippen LogP contribution in [-0.4, -0.2) is 74.7 Å². The number of methoxy groups -OCH3 is 1. The van der Waals surface area contributed by atoms with Crippen LogP contribution in [-0.2, 0) is 9.53 Å². The van der Waals surface area contributed by atoms with Crippen LogP contribution in [0.15, 0.2) is 0 Å². The standard InChI is InChI=1S/C16H29N3O2.2ClH/c1-13-12-19(8-7-18(13)9-10-21-2)15(20)14-11-16(14)3-5-17-6-4-16;;/h13-14,17H,3-12H2,1-2H3;2*1H. The van der Waals surface area contributed by atoms with Crippen LogP contribution in [0, 0.1) is 11.3 Å². The zero-order valence-corrected chi connectivity index (χ0v) is 15.9. The number of halogens is 2. The quantitative estimate of drug-likeness (QED) is 0.815. The molecule has 2 unspecified atom stereocenters. The van der Waals surface area contributed by atoms with Gasteiger partial charge >= 0.3 is 0 Å². The van der Waals surface area contributed by atoms with Crippen LogP contribution in [0.1, 0.15) is 26.2 Å². The van der Waals surface area contributed by atoms with Crippen molar-refractivity contribution in [1.82, 2.24) is 15.1 Å². The van der Waals surface area contributed by atoms with Crippen molar-refractivity contribution in [2.75, 3.05) is 53.0 Å². The first kappa shape index (κ1) is 21.0. The second-order valence-electron chi connectivity index (χ2n) is 7.03. The van der Waals surface area contributed by atoms with Gasteiger partial charge in [0.05, 0.1) is 6.61 Å². The SMILES string of the molecule is COCCN1CCN(C(=O)C2CC23CCNCC3)CC1C.Cl.Cl. The maximum atomic E-state index is 12.8.